The fourth-order valence-electron chi connectivity index (χ4n) is 3.02. The first kappa shape index (κ1) is 30.7. The summed E-state index contributed by atoms with van der Waals surface area (Å²) in [4.78, 5) is 36.4. The number of hydrogen-bond donors (Lipinski definition) is 6. The lowest BCUT2D eigenvalue weighted by atomic mass is 10.2. The number of carbonyl (C=O) groups excluding carboxylic acids is 3. The predicted octanol–water partition coefficient (Wildman–Crippen LogP) is 0.378. The van der Waals surface area contributed by atoms with Gasteiger partial charge in [0.15, 0.2) is 0 Å². The van der Waals surface area contributed by atoms with Crippen molar-refractivity contribution in [3.05, 3.63) is 0 Å². The van der Waals surface area contributed by atoms with E-state index in [2.05, 4.69) is 36.4 Å². The van der Waals surface area contributed by atoms with E-state index in [4.69, 9.17) is 0 Å². The van der Waals surface area contributed by atoms with Crippen LogP contribution >= 0.6 is 16.1 Å². The highest BCUT2D eigenvalue weighted by Gasteiger charge is 2.14. The molecule has 0 rings (SSSR count). The number of amides is 3. The zero-order chi connectivity index (χ0) is 24.0. The second-order valence-corrected chi connectivity index (χ2v) is 8.16. The molecule has 0 radical (unpaired) electrons. The van der Waals surface area contributed by atoms with E-state index in [1.165, 1.54) is 0 Å². The largest absolute Gasteiger partial charge is 0.395 e. The summed E-state index contributed by atoms with van der Waals surface area (Å²) in [6.45, 7) is 4.39. The highest BCUT2D eigenvalue weighted by Crippen LogP contribution is 2.01. The molecule has 0 aromatic rings. The van der Waals surface area contributed by atoms with E-state index in [-0.39, 0.29) is 37.4 Å². The van der Waals surface area contributed by atoms with Gasteiger partial charge in [-0.3, -0.25) is 28.9 Å². The van der Waals surface area contributed by atoms with Gasteiger partial charge in [0.1, 0.15) is 6.23 Å². The Bertz CT molecular complexity index is 513. The molecule has 32 heavy (non-hydrogen) atoms. The number of unbranched alkanes of at least 4 members (excludes halogenated alkanes) is 4. The van der Waals surface area contributed by atoms with E-state index in [9.17, 15) is 24.6 Å². The van der Waals surface area contributed by atoms with Crippen molar-refractivity contribution in [2.45, 2.75) is 70.9 Å². The maximum Gasteiger partial charge on any atom is 0.234 e. The van der Waals surface area contributed by atoms with Gasteiger partial charge in [-0.1, -0.05) is 19.8 Å². The van der Waals surface area contributed by atoms with Gasteiger partial charge < -0.3 is 20.8 Å². The Labute approximate surface area is 200 Å². The van der Waals surface area contributed by atoms with E-state index in [0.29, 0.717) is 39.0 Å². The molecule has 11 heteroatoms. The maximum absolute atomic E-state index is 12.1. The standard InChI is InChI=1S/C21H42BrN5O5/c1-2-11-23-18(29)9-5-3-7-12-24-20(31)16-27(14-15-28)17-21(32)25-13-8-4-6-10-19(30)26-22/h20,24,28,31H,2-17H2,1H3,(H,23,29)(H,25,32)(H,26,30). The van der Waals surface area contributed by atoms with Gasteiger partial charge in [-0.15, -0.1) is 0 Å². The zero-order valence-electron chi connectivity index (χ0n) is 19.3. The first-order valence-corrected chi connectivity index (χ1v) is 12.4. The van der Waals surface area contributed by atoms with Gasteiger partial charge in [0.2, 0.25) is 17.7 Å². The molecule has 6 N–H and O–H groups in total. The van der Waals surface area contributed by atoms with Crippen molar-refractivity contribution in [1.29, 1.82) is 0 Å². The highest BCUT2D eigenvalue weighted by atomic mass is 79.9. The molecule has 0 aliphatic carbocycles. The van der Waals surface area contributed by atoms with Crippen molar-refractivity contribution >= 4 is 33.9 Å². The van der Waals surface area contributed by atoms with Gasteiger partial charge in [0.05, 0.1) is 13.2 Å². The van der Waals surface area contributed by atoms with Crippen LogP contribution in [0.1, 0.15) is 64.7 Å². The molecule has 0 saturated carbocycles. The van der Waals surface area contributed by atoms with E-state index in [0.717, 1.165) is 44.9 Å². The molecule has 0 bridgehead atoms. The number of nitrogens with zero attached hydrogens (tertiary/aromatic N) is 1. The van der Waals surface area contributed by atoms with E-state index < -0.39 is 6.23 Å². The summed E-state index contributed by atoms with van der Waals surface area (Å²) in [7, 11) is 0. The molecule has 0 aromatic heterocycles. The molecular weight excluding hydrogens is 482 g/mol. The molecule has 1 atom stereocenters. The molecule has 0 saturated heterocycles. The van der Waals surface area contributed by atoms with Crippen LogP contribution in [-0.2, 0) is 14.4 Å². The third kappa shape index (κ3) is 19.4. The fraction of sp³-hybridized carbons (Fsp3) is 0.857. The Balaban J connectivity index is 3.89. The molecule has 10 nitrogen and oxygen atoms in total. The van der Waals surface area contributed by atoms with Crippen LogP contribution in [0.2, 0.25) is 0 Å². The minimum absolute atomic E-state index is 0.0596. The molecule has 0 spiro atoms. The number of carbonyl (C=O) groups is 3. The second kappa shape index (κ2) is 21.6. The third-order valence-corrected chi connectivity index (χ3v) is 5.20. The van der Waals surface area contributed by atoms with Crippen LogP contribution in [0.25, 0.3) is 0 Å². The Hall–Kier alpha value is -1.27. The van der Waals surface area contributed by atoms with Gasteiger partial charge in [-0.2, -0.15) is 0 Å². The SMILES string of the molecule is CCCNC(=O)CCCCCNC(O)CN(CCO)CC(=O)NCCCCCC(=O)NBr. The number of halogens is 1. The monoisotopic (exact) mass is 523 g/mol. The van der Waals surface area contributed by atoms with Gasteiger partial charge in [-0.05, 0) is 38.6 Å². The number of aliphatic hydroxyl groups is 2. The summed E-state index contributed by atoms with van der Waals surface area (Å²) in [6, 6.07) is 0. The lowest BCUT2D eigenvalue weighted by molar-refractivity contribution is -0.123. The Morgan fingerprint density at radius 3 is 2.12 bits per heavy atom. The Morgan fingerprint density at radius 1 is 0.875 bits per heavy atom. The lowest BCUT2D eigenvalue weighted by Crippen LogP contribution is -2.46. The smallest absolute Gasteiger partial charge is 0.234 e. The van der Waals surface area contributed by atoms with E-state index in [1.54, 1.807) is 4.90 Å². The van der Waals surface area contributed by atoms with Gasteiger partial charge >= 0.3 is 0 Å². The minimum atomic E-state index is -0.803. The molecule has 1 unspecified atom stereocenters. The van der Waals surface area contributed by atoms with Gasteiger partial charge in [-0.25, -0.2) is 0 Å². The van der Waals surface area contributed by atoms with Crippen molar-refractivity contribution in [2.24, 2.45) is 0 Å². The topological polar surface area (TPSA) is 143 Å². The summed E-state index contributed by atoms with van der Waals surface area (Å²) < 4.78 is 2.39. The maximum atomic E-state index is 12.1. The fourth-order valence-corrected chi connectivity index (χ4v) is 3.21. The Kier molecular flexibility index (Phi) is 20.7. The van der Waals surface area contributed by atoms with Crippen LogP contribution in [0.3, 0.4) is 0 Å². The van der Waals surface area contributed by atoms with Crippen LogP contribution < -0.4 is 20.3 Å². The van der Waals surface area contributed by atoms with Crippen molar-refractivity contribution in [2.75, 3.05) is 45.9 Å². The summed E-state index contributed by atoms with van der Waals surface area (Å²) in [5, 5.41) is 28.1. The van der Waals surface area contributed by atoms with Crippen molar-refractivity contribution in [3.8, 4) is 0 Å². The second-order valence-electron chi connectivity index (χ2n) is 7.77. The third-order valence-electron chi connectivity index (χ3n) is 4.76. The van der Waals surface area contributed by atoms with Gasteiger partial charge in [0, 0.05) is 55.2 Å². The first-order chi connectivity index (χ1) is 15.4. The summed E-state index contributed by atoms with van der Waals surface area (Å²) in [5.41, 5.74) is 0. The van der Waals surface area contributed by atoms with Crippen molar-refractivity contribution < 1.29 is 24.6 Å². The molecular formula is C21H42BrN5O5. The van der Waals surface area contributed by atoms with E-state index in [1.807, 2.05) is 6.92 Å². The van der Waals surface area contributed by atoms with Crippen LogP contribution in [0.15, 0.2) is 0 Å². The molecule has 188 valence electrons. The number of nitrogens with one attached hydrogen (secondary N) is 4. The highest BCUT2D eigenvalue weighted by molar-refractivity contribution is 9.08. The number of aliphatic hydroxyl groups excluding tert-OH is 2. The van der Waals surface area contributed by atoms with Crippen LogP contribution in [0.5, 0.6) is 0 Å². The Morgan fingerprint density at radius 2 is 1.50 bits per heavy atom. The van der Waals surface area contributed by atoms with E-state index >= 15 is 0 Å². The predicted molar refractivity (Wildman–Crippen MR) is 128 cm³/mol. The lowest BCUT2D eigenvalue weighted by Gasteiger charge is -2.24. The van der Waals surface area contributed by atoms with Crippen LogP contribution in [-0.4, -0.2) is 84.9 Å². The van der Waals surface area contributed by atoms with Crippen molar-refractivity contribution in [3.63, 3.8) is 0 Å². The van der Waals surface area contributed by atoms with Crippen LogP contribution in [0.4, 0.5) is 0 Å². The normalized spacial score (nSPS) is 11.9. The molecule has 3 amide bonds. The molecule has 0 aliphatic rings. The zero-order valence-corrected chi connectivity index (χ0v) is 20.9. The number of hydrogen-bond acceptors (Lipinski definition) is 7. The summed E-state index contributed by atoms with van der Waals surface area (Å²) in [6.07, 6.45) is 6.03. The van der Waals surface area contributed by atoms with Crippen LogP contribution in [0, 0.1) is 0 Å². The number of rotatable bonds is 21. The molecule has 0 aliphatic heterocycles. The average Bonchev–Trinajstić information content (AvgIpc) is 2.76. The summed E-state index contributed by atoms with van der Waals surface area (Å²) >= 11 is 2.89. The molecule has 0 aromatic carbocycles. The van der Waals surface area contributed by atoms with Crippen molar-refractivity contribution in [1.82, 2.24) is 25.2 Å². The average molecular weight is 525 g/mol. The first-order valence-electron chi connectivity index (χ1n) is 11.6. The molecule has 0 fully saturated rings. The summed E-state index contributed by atoms with van der Waals surface area (Å²) in [5.74, 6) is -0.138. The van der Waals surface area contributed by atoms with Gasteiger partial charge in [0.25, 0.3) is 0 Å². The quantitative estimate of drug-likeness (QED) is 0.0724. The molecule has 0 heterocycles. The minimum Gasteiger partial charge on any atom is -0.395 e.